The number of nitrogens with one attached hydrogen (secondary N) is 1. The maximum absolute atomic E-state index is 11.7. The van der Waals surface area contributed by atoms with Crippen molar-refractivity contribution in [3.63, 3.8) is 0 Å². The van der Waals surface area contributed by atoms with Crippen LogP contribution in [0, 0.1) is 0 Å². The van der Waals surface area contributed by atoms with E-state index >= 15 is 0 Å². The van der Waals surface area contributed by atoms with Crippen molar-refractivity contribution >= 4 is 17.7 Å². The lowest BCUT2D eigenvalue weighted by Gasteiger charge is -2.15. The minimum absolute atomic E-state index is 0.168. The largest absolute Gasteiger partial charge is 0.385 e. The van der Waals surface area contributed by atoms with Crippen molar-refractivity contribution in [2.75, 3.05) is 19.5 Å². The van der Waals surface area contributed by atoms with Crippen LogP contribution in [0.15, 0.2) is 30.3 Å². The summed E-state index contributed by atoms with van der Waals surface area (Å²) in [5.41, 5.74) is 3.18. The predicted molar refractivity (Wildman–Crippen MR) is 70.5 cm³/mol. The molecule has 4 nitrogen and oxygen atoms in total. The van der Waals surface area contributed by atoms with Gasteiger partial charge in [0.2, 0.25) is 0 Å². The molecule has 1 aromatic rings. The molecule has 1 amide bonds. The third kappa shape index (κ3) is 4.77. The summed E-state index contributed by atoms with van der Waals surface area (Å²) in [5, 5.41) is -0.252. The quantitative estimate of drug-likeness (QED) is 0.335. The van der Waals surface area contributed by atoms with Crippen LogP contribution in [0.3, 0.4) is 0 Å². The number of hydrogen-bond acceptors (Lipinski definition) is 4. The molecular formula is C12H18N2O2S. The zero-order valence-corrected chi connectivity index (χ0v) is 10.7. The topological polar surface area (TPSA) is 64.3 Å². The van der Waals surface area contributed by atoms with Crippen LogP contribution < -0.4 is 11.3 Å². The van der Waals surface area contributed by atoms with Gasteiger partial charge in [-0.2, -0.15) is 0 Å². The lowest BCUT2D eigenvalue weighted by Crippen LogP contribution is -2.33. The highest BCUT2D eigenvalue weighted by molar-refractivity contribution is 8.00. The van der Waals surface area contributed by atoms with Gasteiger partial charge in [-0.05, 0) is 17.7 Å². The van der Waals surface area contributed by atoms with Gasteiger partial charge in [0, 0.05) is 13.7 Å². The molecular weight excluding hydrogens is 236 g/mol. The van der Waals surface area contributed by atoms with Gasteiger partial charge in [-0.1, -0.05) is 30.3 Å². The number of benzene rings is 1. The van der Waals surface area contributed by atoms with E-state index in [0.29, 0.717) is 6.61 Å². The number of amides is 1. The Morgan fingerprint density at radius 2 is 2.18 bits per heavy atom. The molecule has 0 heterocycles. The molecule has 1 atom stereocenters. The van der Waals surface area contributed by atoms with E-state index in [0.717, 1.165) is 17.7 Å². The Labute approximate surface area is 106 Å². The third-order valence-electron chi connectivity index (χ3n) is 2.26. The van der Waals surface area contributed by atoms with Gasteiger partial charge in [0.1, 0.15) is 5.25 Å². The monoisotopic (exact) mass is 254 g/mol. The Hall–Kier alpha value is -1.04. The SMILES string of the molecule is COCCCSC(C(=O)NN)c1ccccc1. The predicted octanol–water partition coefficient (Wildman–Crippen LogP) is 1.49. The van der Waals surface area contributed by atoms with Gasteiger partial charge in [-0.3, -0.25) is 10.2 Å². The molecule has 0 spiro atoms. The van der Waals surface area contributed by atoms with Gasteiger partial charge in [-0.15, -0.1) is 11.8 Å². The molecule has 0 aliphatic heterocycles. The van der Waals surface area contributed by atoms with Crippen LogP contribution >= 0.6 is 11.8 Å². The van der Waals surface area contributed by atoms with Crippen LogP contribution in [-0.4, -0.2) is 25.4 Å². The van der Waals surface area contributed by atoms with E-state index in [1.807, 2.05) is 30.3 Å². The highest BCUT2D eigenvalue weighted by Gasteiger charge is 2.19. The summed E-state index contributed by atoms with van der Waals surface area (Å²) in [4.78, 5) is 11.7. The molecule has 3 N–H and O–H groups in total. The van der Waals surface area contributed by atoms with E-state index in [9.17, 15) is 4.79 Å². The van der Waals surface area contributed by atoms with E-state index in [1.165, 1.54) is 0 Å². The first kappa shape index (κ1) is 14.0. The summed E-state index contributed by atoms with van der Waals surface area (Å²) < 4.78 is 4.98. The van der Waals surface area contributed by atoms with Crippen LogP contribution in [0.1, 0.15) is 17.2 Å². The zero-order valence-electron chi connectivity index (χ0n) is 9.89. The molecule has 1 unspecified atom stereocenters. The minimum Gasteiger partial charge on any atom is -0.385 e. The fourth-order valence-electron chi connectivity index (χ4n) is 1.43. The van der Waals surface area contributed by atoms with E-state index in [1.54, 1.807) is 18.9 Å². The first-order valence-electron chi connectivity index (χ1n) is 5.45. The Bertz CT molecular complexity index is 333. The lowest BCUT2D eigenvalue weighted by atomic mass is 10.1. The number of ether oxygens (including phenoxy) is 1. The van der Waals surface area contributed by atoms with Crippen molar-refractivity contribution in [1.82, 2.24) is 5.43 Å². The standard InChI is InChI=1S/C12H18N2O2S/c1-16-8-5-9-17-11(12(15)14-13)10-6-3-2-4-7-10/h2-4,6-7,11H,5,8-9,13H2,1H3,(H,14,15). The first-order valence-corrected chi connectivity index (χ1v) is 6.50. The van der Waals surface area contributed by atoms with Gasteiger partial charge >= 0.3 is 0 Å². The summed E-state index contributed by atoms with van der Waals surface area (Å²) in [5.74, 6) is 5.90. The van der Waals surface area contributed by atoms with Crippen molar-refractivity contribution in [2.24, 2.45) is 5.84 Å². The van der Waals surface area contributed by atoms with E-state index in [-0.39, 0.29) is 11.2 Å². The van der Waals surface area contributed by atoms with Crippen molar-refractivity contribution in [1.29, 1.82) is 0 Å². The highest BCUT2D eigenvalue weighted by Crippen LogP contribution is 2.29. The van der Waals surface area contributed by atoms with Crippen molar-refractivity contribution in [3.05, 3.63) is 35.9 Å². The molecule has 0 fully saturated rings. The van der Waals surface area contributed by atoms with Crippen LogP contribution in [-0.2, 0) is 9.53 Å². The maximum Gasteiger partial charge on any atom is 0.251 e. The number of rotatable bonds is 7. The molecule has 0 saturated heterocycles. The minimum atomic E-state index is -0.252. The van der Waals surface area contributed by atoms with Gasteiger partial charge in [0.15, 0.2) is 0 Å². The van der Waals surface area contributed by atoms with Gasteiger partial charge < -0.3 is 4.74 Å². The van der Waals surface area contributed by atoms with E-state index < -0.39 is 0 Å². The Kier molecular flexibility index (Phi) is 6.69. The van der Waals surface area contributed by atoms with E-state index in [2.05, 4.69) is 5.43 Å². The number of hydrogen-bond donors (Lipinski definition) is 2. The molecule has 1 rings (SSSR count). The second kappa shape index (κ2) is 8.11. The number of methoxy groups -OCH3 is 1. The van der Waals surface area contributed by atoms with Crippen molar-refractivity contribution in [2.45, 2.75) is 11.7 Å². The number of carbonyl (C=O) groups is 1. The molecule has 0 radical (unpaired) electrons. The maximum atomic E-state index is 11.7. The van der Waals surface area contributed by atoms with Crippen LogP contribution in [0.4, 0.5) is 0 Å². The summed E-state index contributed by atoms with van der Waals surface area (Å²) >= 11 is 1.58. The Balaban J connectivity index is 2.59. The average molecular weight is 254 g/mol. The van der Waals surface area contributed by atoms with E-state index in [4.69, 9.17) is 10.6 Å². The molecule has 94 valence electrons. The zero-order chi connectivity index (χ0) is 12.5. The molecule has 0 aromatic heterocycles. The molecule has 0 bridgehead atoms. The Morgan fingerprint density at radius 3 is 2.76 bits per heavy atom. The fourth-order valence-corrected chi connectivity index (χ4v) is 2.52. The van der Waals surface area contributed by atoms with Gasteiger partial charge in [-0.25, -0.2) is 5.84 Å². The van der Waals surface area contributed by atoms with Crippen LogP contribution in [0.5, 0.6) is 0 Å². The normalized spacial score (nSPS) is 12.1. The third-order valence-corrected chi connectivity index (χ3v) is 3.60. The van der Waals surface area contributed by atoms with Crippen LogP contribution in [0.2, 0.25) is 0 Å². The number of thioether (sulfide) groups is 1. The van der Waals surface area contributed by atoms with Gasteiger partial charge in [0.25, 0.3) is 5.91 Å². The lowest BCUT2D eigenvalue weighted by molar-refractivity contribution is -0.120. The summed E-state index contributed by atoms with van der Waals surface area (Å²) in [6.07, 6.45) is 0.919. The summed E-state index contributed by atoms with van der Waals surface area (Å²) in [7, 11) is 1.67. The molecule has 5 heteroatoms. The van der Waals surface area contributed by atoms with Crippen molar-refractivity contribution < 1.29 is 9.53 Å². The number of carbonyl (C=O) groups excluding carboxylic acids is 1. The first-order chi connectivity index (χ1) is 8.29. The summed E-state index contributed by atoms with van der Waals surface area (Å²) in [6.45, 7) is 0.707. The second-order valence-corrected chi connectivity index (χ2v) is 4.73. The fraction of sp³-hybridized carbons (Fsp3) is 0.417. The number of nitrogens with two attached hydrogens (primary N) is 1. The van der Waals surface area contributed by atoms with Crippen LogP contribution in [0.25, 0.3) is 0 Å². The molecule has 0 saturated carbocycles. The smallest absolute Gasteiger partial charge is 0.251 e. The average Bonchev–Trinajstić information content (AvgIpc) is 2.39. The molecule has 17 heavy (non-hydrogen) atoms. The number of hydrazine groups is 1. The molecule has 1 aromatic carbocycles. The second-order valence-electron chi connectivity index (χ2n) is 3.52. The summed E-state index contributed by atoms with van der Waals surface area (Å²) in [6, 6.07) is 9.63. The molecule has 0 aliphatic carbocycles. The molecule has 0 aliphatic rings. The van der Waals surface area contributed by atoms with Crippen molar-refractivity contribution in [3.8, 4) is 0 Å². The Morgan fingerprint density at radius 1 is 1.47 bits per heavy atom. The van der Waals surface area contributed by atoms with Gasteiger partial charge in [0.05, 0.1) is 0 Å². The highest BCUT2D eigenvalue weighted by atomic mass is 32.2.